The number of anilines is 2. The molecule has 192 valence electrons. The van der Waals surface area contributed by atoms with Crippen LogP contribution in [0.1, 0.15) is 30.4 Å². The lowest BCUT2D eigenvalue weighted by Crippen LogP contribution is -2.44. The third kappa shape index (κ3) is 5.10. The second-order valence-electron chi connectivity index (χ2n) is 9.50. The molecule has 0 unspecified atom stereocenters. The lowest BCUT2D eigenvalue weighted by molar-refractivity contribution is 0.102. The smallest absolute Gasteiger partial charge is 0.275 e. The highest BCUT2D eigenvalue weighted by Gasteiger charge is 2.22. The molecular formula is C27H29F2N7O. The first-order valence-corrected chi connectivity index (χ1v) is 12.2. The van der Waals surface area contributed by atoms with Crippen LogP contribution in [-0.4, -0.2) is 63.6 Å². The second-order valence-corrected chi connectivity index (χ2v) is 9.50. The Labute approximate surface area is 214 Å². The van der Waals surface area contributed by atoms with E-state index in [0.717, 1.165) is 44.0 Å². The maximum absolute atomic E-state index is 13.9. The van der Waals surface area contributed by atoms with Crippen LogP contribution in [0.15, 0.2) is 55.0 Å². The maximum atomic E-state index is 13.9. The SMILES string of the molecule is CC(C)n1cnc(-c2ccc(F)c(F)c2)c1-c1nc(C(=O)Nc2ccc(N3CCN(C)CC3)cc2)c[nH]1. The minimum Gasteiger partial charge on any atom is -0.369 e. The molecule has 2 aromatic carbocycles. The molecular weight excluding hydrogens is 476 g/mol. The molecule has 5 rings (SSSR count). The number of carbonyl (C=O) groups is 1. The maximum Gasteiger partial charge on any atom is 0.275 e. The molecule has 0 bridgehead atoms. The van der Waals surface area contributed by atoms with Crippen LogP contribution >= 0.6 is 0 Å². The van der Waals surface area contributed by atoms with Gasteiger partial charge in [0.2, 0.25) is 0 Å². The fourth-order valence-electron chi connectivity index (χ4n) is 4.42. The minimum absolute atomic E-state index is 0.0164. The van der Waals surface area contributed by atoms with E-state index in [1.807, 2.05) is 42.7 Å². The van der Waals surface area contributed by atoms with Gasteiger partial charge in [0.25, 0.3) is 5.91 Å². The van der Waals surface area contributed by atoms with Crippen molar-refractivity contribution in [2.45, 2.75) is 19.9 Å². The zero-order valence-electron chi connectivity index (χ0n) is 21.0. The molecule has 0 radical (unpaired) electrons. The predicted molar refractivity (Wildman–Crippen MR) is 140 cm³/mol. The fraction of sp³-hybridized carbons (Fsp3) is 0.296. The average Bonchev–Trinajstić information content (AvgIpc) is 3.54. The van der Waals surface area contributed by atoms with Gasteiger partial charge in [0.05, 0.1) is 12.0 Å². The molecule has 1 aliphatic rings. The van der Waals surface area contributed by atoms with Crippen LogP contribution in [0.25, 0.3) is 22.8 Å². The highest BCUT2D eigenvalue weighted by molar-refractivity contribution is 6.03. The summed E-state index contributed by atoms with van der Waals surface area (Å²) in [5.74, 6) is -1.84. The predicted octanol–water partition coefficient (Wildman–Crippen LogP) is 4.80. The van der Waals surface area contributed by atoms with Crippen molar-refractivity contribution in [3.05, 3.63) is 72.3 Å². The number of carbonyl (C=O) groups excluding carboxylic acids is 1. The molecule has 8 nitrogen and oxygen atoms in total. The van der Waals surface area contributed by atoms with Gasteiger partial charge in [-0.1, -0.05) is 0 Å². The summed E-state index contributed by atoms with van der Waals surface area (Å²) in [6.07, 6.45) is 3.15. The molecule has 4 aromatic rings. The number of imidazole rings is 2. The van der Waals surface area contributed by atoms with Crippen molar-refractivity contribution in [1.29, 1.82) is 0 Å². The van der Waals surface area contributed by atoms with Gasteiger partial charge >= 0.3 is 0 Å². The van der Waals surface area contributed by atoms with E-state index in [1.54, 1.807) is 6.33 Å². The zero-order valence-corrected chi connectivity index (χ0v) is 21.0. The summed E-state index contributed by atoms with van der Waals surface area (Å²) in [5.41, 5.74) is 3.43. The van der Waals surface area contributed by atoms with E-state index in [4.69, 9.17) is 0 Å². The molecule has 1 aliphatic heterocycles. The van der Waals surface area contributed by atoms with Crippen LogP contribution in [0, 0.1) is 11.6 Å². The van der Waals surface area contributed by atoms with Crippen LogP contribution in [0.3, 0.4) is 0 Å². The molecule has 1 amide bonds. The lowest BCUT2D eigenvalue weighted by Gasteiger charge is -2.34. The molecule has 0 aliphatic carbocycles. The highest BCUT2D eigenvalue weighted by atomic mass is 19.2. The molecule has 2 aromatic heterocycles. The Morgan fingerprint density at radius 1 is 1.03 bits per heavy atom. The molecule has 1 saturated heterocycles. The van der Waals surface area contributed by atoms with Gasteiger partial charge in [-0.05, 0) is 63.4 Å². The summed E-state index contributed by atoms with van der Waals surface area (Å²) in [6.45, 7) is 7.93. The van der Waals surface area contributed by atoms with Crippen molar-refractivity contribution in [2.75, 3.05) is 43.4 Å². The summed E-state index contributed by atoms with van der Waals surface area (Å²) < 4.78 is 29.3. The van der Waals surface area contributed by atoms with Crippen LogP contribution in [0.2, 0.25) is 0 Å². The number of H-pyrrole nitrogens is 1. The third-order valence-corrected chi connectivity index (χ3v) is 6.57. The summed E-state index contributed by atoms with van der Waals surface area (Å²) in [4.78, 5) is 29.6. The molecule has 37 heavy (non-hydrogen) atoms. The number of hydrogen-bond acceptors (Lipinski definition) is 5. The molecule has 1 fully saturated rings. The van der Waals surface area contributed by atoms with Crippen molar-refractivity contribution in [3.8, 4) is 22.8 Å². The number of amides is 1. The largest absolute Gasteiger partial charge is 0.369 e. The number of nitrogens with zero attached hydrogens (tertiary/aromatic N) is 5. The first-order chi connectivity index (χ1) is 17.8. The summed E-state index contributed by atoms with van der Waals surface area (Å²) in [6, 6.07) is 11.4. The number of nitrogens with one attached hydrogen (secondary N) is 2. The standard InChI is InChI=1S/C27H29F2N7O/c1-17(2)36-16-31-24(18-4-9-21(28)22(29)14-18)25(36)26-30-15-23(33-26)27(37)32-19-5-7-20(8-6-19)35-12-10-34(3)11-13-35/h4-9,14-17H,10-13H2,1-3H3,(H,30,33)(H,32,37). The molecule has 3 heterocycles. The molecule has 0 saturated carbocycles. The van der Waals surface area contributed by atoms with Crippen molar-refractivity contribution in [3.63, 3.8) is 0 Å². The number of likely N-dealkylation sites (N-methyl/N-ethyl adjacent to an activating group) is 1. The third-order valence-electron chi connectivity index (χ3n) is 6.57. The van der Waals surface area contributed by atoms with E-state index in [-0.39, 0.29) is 17.6 Å². The summed E-state index contributed by atoms with van der Waals surface area (Å²) in [7, 11) is 2.12. The molecule has 0 atom stereocenters. The molecule has 0 spiro atoms. The van der Waals surface area contributed by atoms with Gasteiger partial charge in [0.15, 0.2) is 17.5 Å². The molecule has 2 N–H and O–H groups in total. The summed E-state index contributed by atoms with van der Waals surface area (Å²) >= 11 is 0. The van der Waals surface area contributed by atoms with Gasteiger partial charge in [0.1, 0.15) is 11.4 Å². The van der Waals surface area contributed by atoms with Gasteiger partial charge < -0.3 is 24.7 Å². The topological polar surface area (TPSA) is 82.1 Å². The fourth-order valence-corrected chi connectivity index (χ4v) is 4.42. The van der Waals surface area contributed by atoms with Gasteiger partial charge in [-0.25, -0.2) is 18.7 Å². The zero-order chi connectivity index (χ0) is 26.1. The Balaban J connectivity index is 1.36. The number of aromatic nitrogens is 4. The number of halogens is 2. The first-order valence-electron chi connectivity index (χ1n) is 12.2. The van der Waals surface area contributed by atoms with Gasteiger partial charge in [0, 0.05) is 55.4 Å². The van der Waals surface area contributed by atoms with E-state index >= 15 is 0 Å². The number of piperazine rings is 1. The van der Waals surface area contributed by atoms with E-state index in [1.165, 1.54) is 12.3 Å². The van der Waals surface area contributed by atoms with Crippen molar-refractivity contribution < 1.29 is 13.6 Å². The Morgan fingerprint density at radius 2 is 1.76 bits per heavy atom. The Bertz CT molecular complexity index is 1400. The number of aromatic amines is 1. The highest BCUT2D eigenvalue weighted by Crippen LogP contribution is 2.32. The van der Waals surface area contributed by atoms with Crippen molar-refractivity contribution in [1.82, 2.24) is 24.4 Å². The van der Waals surface area contributed by atoms with Gasteiger partial charge in [-0.2, -0.15) is 0 Å². The minimum atomic E-state index is -0.958. The van der Waals surface area contributed by atoms with E-state index in [0.29, 0.717) is 28.5 Å². The van der Waals surface area contributed by atoms with Crippen LogP contribution in [-0.2, 0) is 0 Å². The Kier molecular flexibility index (Phi) is 6.75. The van der Waals surface area contributed by atoms with Crippen molar-refractivity contribution >= 4 is 17.3 Å². The van der Waals surface area contributed by atoms with Gasteiger partial charge in [-0.3, -0.25) is 4.79 Å². The lowest BCUT2D eigenvalue weighted by atomic mass is 10.1. The van der Waals surface area contributed by atoms with Crippen LogP contribution < -0.4 is 10.2 Å². The summed E-state index contributed by atoms with van der Waals surface area (Å²) in [5, 5.41) is 2.89. The number of hydrogen-bond donors (Lipinski definition) is 2. The number of rotatable bonds is 6. The van der Waals surface area contributed by atoms with Crippen molar-refractivity contribution in [2.24, 2.45) is 0 Å². The van der Waals surface area contributed by atoms with Crippen LogP contribution in [0.5, 0.6) is 0 Å². The van der Waals surface area contributed by atoms with E-state index in [2.05, 4.69) is 37.1 Å². The number of benzene rings is 2. The Hall–Kier alpha value is -4.05. The van der Waals surface area contributed by atoms with Gasteiger partial charge in [-0.15, -0.1) is 0 Å². The quantitative estimate of drug-likeness (QED) is 0.393. The van der Waals surface area contributed by atoms with E-state index < -0.39 is 11.6 Å². The average molecular weight is 506 g/mol. The monoisotopic (exact) mass is 505 g/mol. The normalized spacial score (nSPS) is 14.4. The van der Waals surface area contributed by atoms with E-state index in [9.17, 15) is 13.6 Å². The first kappa shape index (κ1) is 24.6. The molecule has 10 heteroatoms. The second kappa shape index (κ2) is 10.1. The van der Waals surface area contributed by atoms with Crippen LogP contribution in [0.4, 0.5) is 20.2 Å². The Morgan fingerprint density at radius 3 is 2.43 bits per heavy atom.